The van der Waals surface area contributed by atoms with E-state index in [0.29, 0.717) is 63.4 Å². The van der Waals surface area contributed by atoms with Crippen LogP contribution >= 0.6 is 0 Å². The zero-order valence-electron chi connectivity index (χ0n) is 22.8. The van der Waals surface area contributed by atoms with Gasteiger partial charge in [-0.05, 0) is 55.4 Å². The van der Waals surface area contributed by atoms with E-state index in [2.05, 4.69) is 35.9 Å². The van der Waals surface area contributed by atoms with E-state index in [9.17, 15) is 4.79 Å². The van der Waals surface area contributed by atoms with E-state index in [-0.39, 0.29) is 5.91 Å². The first kappa shape index (κ1) is 30.1. The molecule has 3 rings (SSSR count). The molecule has 12 heteroatoms. The van der Waals surface area contributed by atoms with Crippen LogP contribution < -0.4 is 16.0 Å². The van der Waals surface area contributed by atoms with Crippen LogP contribution in [0.4, 0.5) is 28.7 Å². The van der Waals surface area contributed by atoms with Gasteiger partial charge in [0.2, 0.25) is 5.91 Å². The number of nitrogens with one attached hydrogen (secondary N) is 3. The Kier molecular flexibility index (Phi) is 12.9. The van der Waals surface area contributed by atoms with Crippen molar-refractivity contribution in [3.05, 3.63) is 89.1 Å². The summed E-state index contributed by atoms with van der Waals surface area (Å²) in [5.41, 5.74) is 11.7. The maximum atomic E-state index is 12.4. The topological polar surface area (TPSA) is 149 Å². The fraction of sp³-hybridized carbons (Fsp3) is 0.321. The van der Waals surface area contributed by atoms with Crippen LogP contribution in [0.1, 0.15) is 5.56 Å². The molecule has 1 heterocycles. The van der Waals surface area contributed by atoms with Gasteiger partial charge in [-0.25, -0.2) is 9.97 Å². The van der Waals surface area contributed by atoms with Gasteiger partial charge < -0.3 is 30.3 Å². The van der Waals surface area contributed by atoms with Crippen LogP contribution in [-0.2, 0) is 14.3 Å². The maximum absolute atomic E-state index is 12.4. The van der Waals surface area contributed by atoms with Gasteiger partial charge in [-0.15, -0.1) is 0 Å². The van der Waals surface area contributed by atoms with E-state index in [1.165, 1.54) is 12.4 Å². The molecule has 0 radical (unpaired) electrons. The first-order valence-electron chi connectivity index (χ1n) is 12.9. The second-order valence-corrected chi connectivity index (χ2v) is 8.82. The number of hydrogen-bond donors (Lipinski definition) is 3. The van der Waals surface area contributed by atoms with Crippen molar-refractivity contribution in [2.24, 2.45) is 5.11 Å². The van der Waals surface area contributed by atoms with Gasteiger partial charge in [0.15, 0.2) is 0 Å². The average Bonchev–Trinajstić information content (AvgIpc) is 2.92. The number of likely N-dealkylation sites (N-methyl/N-ethyl adjacent to an activating group) is 1. The number of nitrogens with zero attached hydrogens (tertiary/aromatic N) is 6. The molecule has 40 heavy (non-hydrogen) atoms. The molecule has 0 atom stereocenters. The number of azide groups is 1. The van der Waals surface area contributed by atoms with Crippen LogP contribution in [0.25, 0.3) is 10.4 Å². The van der Waals surface area contributed by atoms with Crippen molar-refractivity contribution < 1.29 is 14.3 Å². The lowest BCUT2D eigenvalue weighted by atomic mass is 10.2. The third kappa shape index (κ3) is 11.9. The van der Waals surface area contributed by atoms with E-state index in [1.54, 1.807) is 6.08 Å². The predicted octanol–water partition coefficient (Wildman–Crippen LogP) is 5.04. The summed E-state index contributed by atoms with van der Waals surface area (Å²) >= 11 is 0. The summed E-state index contributed by atoms with van der Waals surface area (Å²) in [7, 11) is 1.95. The van der Waals surface area contributed by atoms with E-state index in [4.69, 9.17) is 15.0 Å². The van der Waals surface area contributed by atoms with Crippen molar-refractivity contribution in [2.45, 2.75) is 6.92 Å². The number of hydrogen-bond acceptors (Lipinski definition) is 9. The number of amides is 1. The monoisotopic (exact) mass is 545 g/mol. The summed E-state index contributed by atoms with van der Waals surface area (Å²) in [5, 5.41) is 12.8. The summed E-state index contributed by atoms with van der Waals surface area (Å²) < 4.78 is 10.8. The Morgan fingerprint density at radius 3 is 2.38 bits per heavy atom. The molecular weight excluding hydrogens is 510 g/mol. The Labute approximate surface area is 234 Å². The van der Waals surface area contributed by atoms with Crippen LogP contribution in [0.3, 0.4) is 0 Å². The number of carbonyl (C=O) groups is 1. The fourth-order valence-corrected chi connectivity index (χ4v) is 3.49. The number of anilines is 5. The molecule has 0 bridgehead atoms. The van der Waals surface area contributed by atoms with Crippen LogP contribution in [0, 0.1) is 6.92 Å². The first-order chi connectivity index (χ1) is 19.5. The molecule has 0 aliphatic carbocycles. The standard InChI is InChI=1S/C28H35N9O3/c1-22-6-3-7-23(18-22)33-26-20-27(31-21-30-26)34-24-8-4-9-25(19-24)35-28(38)10-5-12-37(2)13-15-40-17-16-39-14-11-32-36-29/h3-10,18-21H,11-17H2,1-2H3,(H,35,38)(H2,30,31,33,34). The Bertz CT molecular complexity index is 1300. The molecule has 1 aromatic heterocycles. The average molecular weight is 546 g/mol. The van der Waals surface area contributed by atoms with Gasteiger partial charge in [-0.1, -0.05) is 29.4 Å². The number of aryl methyl sites for hydroxylation is 1. The molecule has 2 aromatic carbocycles. The summed E-state index contributed by atoms with van der Waals surface area (Å²) in [6, 6.07) is 17.3. The van der Waals surface area contributed by atoms with Crippen molar-refractivity contribution >= 4 is 34.6 Å². The zero-order valence-corrected chi connectivity index (χ0v) is 22.8. The van der Waals surface area contributed by atoms with Gasteiger partial charge in [0.05, 0.1) is 26.4 Å². The summed E-state index contributed by atoms with van der Waals surface area (Å²) in [4.78, 5) is 25.7. The molecule has 0 spiro atoms. The second kappa shape index (κ2) is 17.2. The Hall–Kier alpha value is -4.48. The van der Waals surface area contributed by atoms with Gasteiger partial charge >= 0.3 is 0 Å². The normalized spacial score (nSPS) is 10.9. The van der Waals surface area contributed by atoms with Crippen molar-refractivity contribution in [3.63, 3.8) is 0 Å². The van der Waals surface area contributed by atoms with Crippen molar-refractivity contribution in [1.82, 2.24) is 14.9 Å². The number of rotatable bonds is 17. The van der Waals surface area contributed by atoms with E-state index in [1.807, 2.05) is 73.5 Å². The number of aromatic nitrogens is 2. The molecule has 12 nitrogen and oxygen atoms in total. The number of carbonyl (C=O) groups excluding carboxylic acids is 1. The molecule has 0 aliphatic heterocycles. The highest BCUT2D eigenvalue weighted by atomic mass is 16.5. The largest absolute Gasteiger partial charge is 0.379 e. The van der Waals surface area contributed by atoms with Gasteiger partial charge in [-0.2, -0.15) is 0 Å². The summed E-state index contributed by atoms with van der Waals surface area (Å²) in [6.07, 6.45) is 4.81. The minimum atomic E-state index is -0.216. The SMILES string of the molecule is Cc1cccc(Nc2cc(Nc3cccc(NC(=O)C=CCN(C)CCOCCOCCN=[N+]=[N-])c3)ncn2)c1. The van der Waals surface area contributed by atoms with E-state index in [0.717, 1.165) is 16.9 Å². The predicted molar refractivity (Wildman–Crippen MR) is 157 cm³/mol. The molecule has 0 fully saturated rings. The quantitative estimate of drug-likeness (QED) is 0.0702. The summed E-state index contributed by atoms with van der Waals surface area (Å²) in [5.74, 6) is 1.08. The van der Waals surface area contributed by atoms with Crippen molar-refractivity contribution in [2.75, 3.05) is 69.1 Å². The lowest BCUT2D eigenvalue weighted by molar-refractivity contribution is -0.111. The third-order valence-electron chi connectivity index (χ3n) is 5.43. The lowest BCUT2D eigenvalue weighted by Crippen LogP contribution is -2.24. The zero-order chi connectivity index (χ0) is 28.4. The Morgan fingerprint density at radius 1 is 0.975 bits per heavy atom. The minimum absolute atomic E-state index is 0.216. The molecule has 0 aliphatic rings. The van der Waals surface area contributed by atoms with Crippen LogP contribution in [-0.4, -0.2) is 73.9 Å². The molecule has 1 amide bonds. The third-order valence-corrected chi connectivity index (χ3v) is 5.43. The molecular formula is C28H35N9O3. The highest BCUT2D eigenvalue weighted by molar-refractivity contribution is 5.99. The first-order valence-corrected chi connectivity index (χ1v) is 12.9. The van der Waals surface area contributed by atoms with Crippen molar-refractivity contribution in [3.8, 4) is 0 Å². The van der Waals surface area contributed by atoms with Crippen LogP contribution in [0.2, 0.25) is 0 Å². The molecule has 0 saturated heterocycles. The van der Waals surface area contributed by atoms with E-state index < -0.39 is 0 Å². The minimum Gasteiger partial charge on any atom is -0.379 e. The van der Waals surface area contributed by atoms with Crippen molar-refractivity contribution in [1.29, 1.82) is 0 Å². The molecule has 210 valence electrons. The van der Waals surface area contributed by atoms with Gasteiger partial charge in [0.1, 0.15) is 18.0 Å². The van der Waals surface area contributed by atoms with Gasteiger partial charge in [0, 0.05) is 53.8 Å². The summed E-state index contributed by atoms with van der Waals surface area (Å²) in [6.45, 7) is 5.53. The maximum Gasteiger partial charge on any atom is 0.248 e. The second-order valence-electron chi connectivity index (χ2n) is 8.82. The van der Waals surface area contributed by atoms with Gasteiger partial charge in [-0.3, -0.25) is 4.79 Å². The number of ether oxygens (including phenoxy) is 2. The fourth-order valence-electron chi connectivity index (χ4n) is 3.49. The molecule has 0 saturated carbocycles. The van der Waals surface area contributed by atoms with Gasteiger partial charge in [0.25, 0.3) is 0 Å². The van der Waals surface area contributed by atoms with E-state index >= 15 is 0 Å². The molecule has 0 unspecified atom stereocenters. The lowest BCUT2D eigenvalue weighted by Gasteiger charge is -2.14. The highest BCUT2D eigenvalue weighted by Gasteiger charge is 2.04. The smallest absolute Gasteiger partial charge is 0.248 e. The molecule has 3 N–H and O–H groups in total. The highest BCUT2D eigenvalue weighted by Crippen LogP contribution is 2.22. The number of benzene rings is 2. The Morgan fingerprint density at radius 2 is 1.65 bits per heavy atom. The van der Waals surface area contributed by atoms with Crippen LogP contribution in [0.15, 0.2) is 78.2 Å². The van der Waals surface area contributed by atoms with Crippen LogP contribution in [0.5, 0.6) is 0 Å². The molecule has 3 aromatic rings. The Balaban J connectivity index is 1.38.